The van der Waals surface area contributed by atoms with E-state index in [0.717, 1.165) is 49.7 Å². The van der Waals surface area contributed by atoms with Crippen molar-refractivity contribution in [2.45, 2.75) is 19.4 Å². The number of carbonyl (C=O) groups is 1. The highest BCUT2D eigenvalue weighted by atomic mass is 35.5. The summed E-state index contributed by atoms with van der Waals surface area (Å²) in [4.78, 5) is 17.0. The van der Waals surface area contributed by atoms with Crippen molar-refractivity contribution in [1.82, 2.24) is 15.0 Å². The van der Waals surface area contributed by atoms with Crippen LogP contribution in [-0.2, 0) is 11.3 Å². The van der Waals surface area contributed by atoms with Crippen LogP contribution in [0, 0.1) is 6.92 Å². The van der Waals surface area contributed by atoms with Gasteiger partial charge in [-0.05, 0) is 12.5 Å². The van der Waals surface area contributed by atoms with Crippen molar-refractivity contribution in [1.29, 1.82) is 0 Å². The van der Waals surface area contributed by atoms with Crippen LogP contribution in [-0.4, -0.2) is 53.6 Å². The minimum absolute atomic E-state index is 0. The molecule has 0 spiro atoms. The first kappa shape index (κ1) is 22.4. The van der Waals surface area contributed by atoms with Gasteiger partial charge in [-0.2, -0.15) is 0 Å². The first-order valence-electron chi connectivity index (χ1n) is 8.35. The van der Waals surface area contributed by atoms with Gasteiger partial charge < -0.3 is 15.2 Å². The molecule has 1 aromatic carbocycles. The second-order valence-corrected chi connectivity index (χ2v) is 6.24. The Balaban J connectivity index is 0.00000169. The Morgan fingerprint density at radius 2 is 1.85 bits per heavy atom. The van der Waals surface area contributed by atoms with Gasteiger partial charge in [0.25, 0.3) is 0 Å². The zero-order valence-corrected chi connectivity index (χ0v) is 16.5. The third kappa shape index (κ3) is 5.45. The zero-order valence-electron chi connectivity index (χ0n) is 14.8. The molecule has 8 heteroatoms. The van der Waals surface area contributed by atoms with Crippen molar-refractivity contribution in [3.05, 3.63) is 53.4 Å². The number of halogens is 2. The maximum atomic E-state index is 12.8. The third-order valence-corrected chi connectivity index (χ3v) is 4.48. The van der Waals surface area contributed by atoms with E-state index >= 15 is 0 Å². The van der Waals surface area contributed by atoms with Gasteiger partial charge in [0.05, 0.1) is 18.2 Å². The molecule has 3 rings (SSSR count). The first-order valence-corrected chi connectivity index (χ1v) is 8.35. The van der Waals surface area contributed by atoms with E-state index in [1.165, 1.54) is 0 Å². The largest absolute Gasteiger partial charge is 0.360 e. The number of carbonyl (C=O) groups excluding carboxylic acids is 1. The topological polar surface area (TPSA) is 75.6 Å². The van der Waals surface area contributed by atoms with E-state index in [1.54, 1.807) is 0 Å². The zero-order chi connectivity index (χ0) is 16.9. The normalized spacial score (nSPS) is 15.7. The molecule has 1 fully saturated rings. The molecule has 1 aliphatic rings. The van der Waals surface area contributed by atoms with Crippen molar-refractivity contribution in [3.63, 3.8) is 0 Å². The molecule has 0 aliphatic carbocycles. The van der Waals surface area contributed by atoms with Crippen LogP contribution in [0.15, 0.2) is 40.9 Å². The van der Waals surface area contributed by atoms with Gasteiger partial charge >= 0.3 is 0 Å². The van der Waals surface area contributed by atoms with E-state index in [2.05, 4.69) is 10.1 Å². The molecule has 1 aliphatic heterocycles. The van der Waals surface area contributed by atoms with Gasteiger partial charge in [0, 0.05) is 38.8 Å². The number of aromatic nitrogens is 1. The van der Waals surface area contributed by atoms with Crippen LogP contribution >= 0.6 is 24.8 Å². The number of piperazine rings is 1. The Hall–Kier alpha value is -1.60. The summed E-state index contributed by atoms with van der Waals surface area (Å²) in [5, 5.41) is 3.91. The number of rotatable bonds is 5. The fourth-order valence-electron chi connectivity index (χ4n) is 3.12. The van der Waals surface area contributed by atoms with E-state index in [-0.39, 0.29) is 36.6 Å². The second-order valence-electron chi connectivity index (χ2n) is 6.24. The van der Waals surface area contributed by atoms with Crippen LogP contribution in [0.25, 0.3) is 0 Å². The number of aryl methyl sites for hydroxylation is 1. The van der Waals surface area contributed by atoms with E-state index in [0.29, 0.717) is 6.54 Å². The van der Waals surface area contributed by atoms with Crippen molar-refractivity contribution in [3.8, 4) is 0 Å². The molecule has 1 saturated heterocycles. The third-order valence-electron chi connectivity index (χ3n) is 4.48. The molecule has 1 amide bonds. The molecule has 1 unspecified atom stereocenters. The Kier molecular flexibility index (Phi) is 9.08. The Bertz CT molecular complexity index is 673. The van der Waals surface area contributed by atoms with E-state index in [9.17, 15) is 4.79 Å². The van der Waals surface area contributed by atoms with Crippen molar-refractivity contribution in [2.24, 2.45) is 5.73 Å². The molecule has 26 heavy (non-hydrogen) atoms. The summed E-state index contributed by atoms with van der Waals surface area (Å²) in [6.07, 6.45) is 0. The van der Waals surface area contributed by atoms with Gasteiger partial charge in [0.15, 0.2) is 5.76 Å². The van der Waals surface area contributed by atoms with Crippen LogP contribution in [0.4, 0.5) is 0 Å². The standard InChI is InChI=1S/C18H24N4O2.2ClH/c1-14-11-16(24-20-14)13-21-7-9-22(10-8-21)18(23)17(12-19)15-5-3-2-4-6-15;;/h2-6,11,17H,7-10,12-13,19H2,1H3;2*1H. The van der Waals surface area contributed by atoms with Gasteiger partial charge in [-0.1, -0.05) is 35.5 Å². The maximum absolute atomic E-state index is 12.8. The quantitative estimate of drug-likeness (QED) is 0.832. The highest BCUT2D eigenvalue weighted by Gasteiger charge is 2.27. The number of nitrogens with zero attached hydrogens (tertiary/aromatic N) is 3. The lowest BCUT2D eigenvalue weighted by Crippen LogP contribution is -2.50. The summed E-state index contributed by atoms with van der Waals surface area (Å²) >= 11 is 0. The van der Waals surface area contributed by atoms with Crippen molar-refractivity contribution >= 4 is 30.7 Å². The Labute approximate surface area is 166 Å². The number of hydrogen-bond donors (Lipinski definition) is 1. The average Bonchev–Trinajstić information content (AvgIpc) is 3.02. The molecule has 0 radical (unpaired) electrons. The SMILES string of the molecule is Cc1cc(CN2CCN(C(=O)C(CN)c3ccccc3)CC2)on1.Cl.Cl. The molecule has 6 nitrogen and oxygen atoms in total. The fourth-order valence-corrected chi connectivity index (χ4v) is 3.12. The highest BCUT2D eigenvalue weighted by molar-refractivity contribution is 5.85. The van der Waals surface area contributed by atoms with Crippen LogP contribution in [0.1, 0.15) is 22.9 Å². The lowest BCUT2D eigenvalue weighted by atomic mass is 9.97. The first-order chi connectivity index (χ1) is 11.7. The molecule has 0 saturated carbocycles. The van der Waals surface area contributed by atoms with Crippen LogP contribution < -0.4 is 5.73 Å². The lowest BCUT2D eigenvalue weighted by molar-refractivity contribution is -0.134. The van der Waals surface area contributed by atoms with Gasteiger partial charge in [0.1, 0.15) is 0 Å². The Morgan fingerprint density at radius 3 is 2.38 bits per heavy atom. The van der Waals surface area contributed by atoms with Crippen molar-refractivity contribution in [2.75, 3.05) is 32.7 Å². The van der Waals surface area contributed by atoms with Crippen LogP contribution in [0.3, 0.4) is 0 Å². The summed E-state index contributed by atoms with van der Waals surface area (Å²) < 4.78 is 5.27. The molecule has 2 heterocycles. The van der Waals surface area contributed by atoms with Crippen LogP contribution in [0.5, 0.6) is 0 Å². The predicted molar refractivity (Wildman–Crippen MR) is 106 cm³/mol. The van der Waals surface area contributed by atoms with Gasteiger partial charge in [-0.3, -0.25) is 9.69 Å². The van der Waals surface area contributed by atoms with Crippen LogP contribution in [0.2, 0.25) is 0 Å². The van der Waals surface area contributed by atoms with E-state index in [1.807, 2.05) is 48.2 Å². The minimum Gasteiger partial charge on any atom is -0.360 e. The van der Waals surface area contributed by atoms with E-state index < -0.39 is 0 Å². The molecule has 0 bridgehead atoms. The summed E-state index contributed by atoms with van der Waals surface area (Å²) in [6, 6.07) is 11.7. The Morgan fingerprint density at radius 1 is 1.19 bits per heavy atom. The molecule has 144 valence electrons. The highest BCUT2D eigenvalue weighted by Crippen LogP contribution is 2.19. The molecular formula is C18H26Cl2N4O2. The van der Waals surface area contributed by atoms with Gasteiger partial charge in [-0.15, -0.1) is 24.8 Å². The summed E-state index contributed by atoms with van der Waals surface area (Å²) in [5.74, 6) is 0.741. The number of nitrogens with two attached hydrogens (primary N) is 1. The maximum Gasteiger partial charge on any atom is 0.231 e. The number of hydrogen-bond acceptors (Lipinski definition) is 5. The van der Waals surface area contributed by atoms with E-state index in [4.69, 9.17) is 10.3 Å². The smallest absolute Gasteiger partial charge is 0.231 e. The van der Waals surface area contributed by atoms with Gasteiger partial charge in [0.2, 0.25) is 5.91 Å². The monoisotopic (exact) mass is 400 g/mol. The van der Waals surface area contributed by atoms with Gasteiger partial charge in [-0.25, -0.2) is 0 Å². The lowest BCUT2D eigenvalue weighted by Gasteiger charge is -2.36. The summed E-state index contributed by atoms with van der Waals surface area (Å²) in [7, 11) is 0. The average molecular weight is 401 g/mol. The fraction of sp³-hybridized carbons (Fsp3) is 0.444. The molecule has 2 N–H and O–H groups in total. The summed E-state index contributed by atoms with van der Waals surface area (Å²) in [5.41, 5.74) is 7.75. The summed E-state index contributed by atoms with van der Waals surface area (Å²) in [6.45, 7) is 6.09. The molecule has 1 aromatic heterocycles. The predicted octanol–water partition coefficient (Wildman–Crippen LogP) is 2.21. The number of amides is 1. The minimum atomic E-state index is -0.255. The second kappa shape index (κ2) is 10.5. The molecule has 1 atom stereocenters. The molecular weight excluding hydrogens is 375 g/mol. The van der Waals surface area contributed by atoms with Crippen molar-refractivity contribution < 1.29 is 9.32 Å². The number of benzene rings is 1. The molecule has 2 aromatic rings.